The van der Waals surface area contributed by atoms with Crippen molar-refractivity contribution in [2.24, 2.45) is 5.92 Å². The molecule has 1 saturated carbocycles. The van der Waals surface area contributed by atoms with E-state index < -0.39 is 0 Å². The van der Waals surface area contributed by atoms with E-state index in [2.05, 4.69) is 37.3 Å². The van der Waals surface area contributed by atoms with Crippen molar-refractivity contribution < 1.29 is 9.47 Å². The third-order valence-electron chi connectivity index (χ3n) is 5.00. The summed E-state index contributed by atoms with van der Waals surface area (Å²) in [6, 6.07) is 0.382. The predicted octanol–water partition coefficient (Wildman–Crippen LogP) is 3.42. The maximum Gasteiger partial charge on any atom is 0.229 e. The fourth-order valence-electron chi connectivity index (χ4n) is 3.61. The Morgan fingerprint density at radius 1 is 1.23 bits per heavy atom. The van der Waals surface area contributed by atoms with Crippen LogP contribution >= 0.6 is 0 Å². The average molecular weight is 359 g/mol. The number of anilines is 2. The van der Waals surface area contributed by atoms with E-state index in [1.807, 2.05) is 10.9 Å². The van der Waals surface area contributed by atoms with Gasteiger partial charge in [-0.15, -0.1) is 0 Å². The van der Waals surface area contributed by atoms with E-state index in [-0.39, 0.29) is 6.61 Å². The van der Waals surface area contributed by atoms with Gasteiger partial charge in [-0.05, 0) is 23.3 Å². The highest BCUT2D eigenvalue weighted by molar-refractivity contribution is 5.75. The minimum atomic E-state index is -0.0393. The summed E-state index contributed by atoms with van der Waals surface area (Å²) >= 11 is 0. The SMILES string of the molecule is C[C@H]1CCCC[C@@H]1n1ncc2cnc(Nc3cnn(CCOF)c3)nc21. The van der Waals surface area contributed by atoms with E-state index in [0.29, 0.717) is 24.5 Å². The first-order chi connectivity index (χ1) is 12.7. The van der Waals surface area contributed by atoms with E-state index in [1.54, 1.807) is 23.3 Å². The summed E-state index contributed by atoms with van der Waals surface area (Å²) in [5.74, 6) is 1.08. The van der Waals surface area contributed by atoms with Gasteiger partial charge in [-0.2, -0.15) is 20.1 Å². The monoisotopic (exact) mass is 359 g/mol. The third-order valence-corrected chi connectivity index (χ3v) is 5.00. The molecule has 0 saturated heterocycles. The Morgan fingerprint density at radius 2 is 2.12 bits per heavy atom. The van der Waals surface area contributed by atoms with Crippen molar-refractivity contribution in [2.45, 2.75) is 45.2 Å². The van der Waals surface area contributed by atoms with Crippen molar-refractivity contribution in [1.82, 2.24) is 29.5 Å². The second-order valence-corrected chi connectivity index (χ2v) is 6.82. The van der Waals surface area contributed by atoms with Gasteiger partial charge in [0.2, 0.25) is 5.95 Å². The Bertz CT molecular complexity index is 877. The Kier molecular flexibility index (Phi) is 4.79. The summed E-state index contributed by atoms with van der Waals surface area (Å²) in [4.78, 5) is 12.6. The van der Waals surface area contributed by atoms with Crippen LogP contribution in [0.4, 0.5) is 16.2 Å². The van der Waals surface area contributed by atoms with E-state index >= 15 is 0 Å². The fraction of sp³-hybridized carbons (Fsp3) is 0.529. The molecule has 9 heteroatoms. The molecule has 0 spiro atoms. The largest absolute Gasteiger partial charge is 0.321 e. The van der Waals surface area contributed by atoms with Crippen LogP contribution in [-0.2, 0) is 11.5 Å². The highest BCUT2D eigenvalue weighted by atomic mass is 19.3. The molecule has 0 radical (unpaired) electrons. The number of rotatable bonds is 6. The van der Waals surface area contributed by atoms with Gasteiger partial charge in [0.05, 0.1) is 36.1 Å². The molecule has 1 N–H and O–H groups in total. The van der Waals surface area contributed by atoms with Crippen LogP contribution in [0.2, 0.25) is 0 Å². The summed E-state index contributed by atoms with van der Waals surface area (Å²) in [6.45, 7) is 2.58. The lowest BCUT2D eigenvalue weighted by Gasteiger charge is -2.29. The lowest BCUT2D eigenvalue weighted by molar-refractivity contribution is -0.135. The summed E-state index contributed by atoms with van der Waals surface area (Å²) in [7, 11) is 0. The van der Waals surface area contributed by atoms with Crippen LogP contribution in [0, 0.1) is 5.92 Å². The Labute approximate surface area is 150 Å². The number of nitrogens with one attached hydrogen (secondary N) is 1. The molecular formula is C17H22FN7O. The van der Waals surface area contributed by atoms with E-state index in [1.165, 1.54) is 19.3 Å². The first-order valence-corrected chi connectivity index (χ1v) is 8.98. The molecule has 0 aliphatic heterocycles. The molecule has 4 rings (SSSR count). The summed E-state index contributed by atoms with van der Waals surface area (Å²) in [5.41, 5.74) is 1.58. The summed E-state index contributed by atoms with van der Waals surface area (Å²) in [5, 5.41) is 12.8. The molecule has 2 atom stereocenters. The maximum atomic E-state index is 11.8. The first kappa shape index (κ1) is 16.9. The normalized spacial score (nSPS) is 20.5. The third kappa shape index (κ3) is 3.39. The average Bonchev–Trinajstić information content (AvgIpc) is 3.27. The number of halogens is 1. The predicted molar refractivity (Wildman–Crippen MR) is 94.6 cm³/mol. The molecule has 0 amide bonds. The van der Waals surface area contributed by atoms with Gasteiger partial charge in [-0.3, -0.25) is 4.68 Å². The minimum absolute atomic E-state index is 0.0393. The molecule has 138 valence electrons. The lowest BCUT2D eigenvalue weighted by Crippen LogP contribution is -2.22. The van der Waals surface area contributed by atoms with Crippen molar-refractivity contribution in [3.05, 3.63) is 24.8 Å². The zero-order valence-corrected chi connectivity index (χ0v) is 14.7. The topological polar surface area (TPSA) is 82.7 Å². The molecule has 1 aliphatic rings. The second-order valence-electron chi connectivity index (χ2n) is 6.82. The molecule has 3 aromatic heterocycles. The summed E-state index contributed by atoms with van der Waals surface area (Å²) < 4.78 is 15.4. The highest BCUT2D eigenvalue weighted by Crippen LogP contribution is 2.34. The van der Waals surface area contributed by atoms with Crippen molar-refractivity contribution in [3.8, 4) is 0 Å². The van der Waals surface area contributed by atoms with Gasteiger partial charge < -0.3 is 5.32 Å². The Balaban J connectivity index is 1.56. The van der Waals surface area contributed by atoms with Crippen LogP contribution in [0.1, 0.15) is 38.6 Å². The highest BCUT2D eigenvalue weighted by Gasteiger charge is 2.25. The van der Waals surface area contributed by atoms with Crippen LogP contribution < -0.4 is 5.32 Å². The molecule has 26 heavy (non-hydrogen) atoms. The number of hydrogen-bond donors (Lipinski definition) is 1. The first-order valence-electron chi connectivity index (χ1n) is 8.98. The molecule has 1 aliphatic carbocycles. The van der Waals surface area contributed by atoms with E-state index in [9.17, 15) is 4.53 Å². The fourth-order valence-corrected chi connectivity index (χ4v) is 3.61. The number of fused-ring (bicyclic) bond motifs is 1. The number of hydrogen-bond acceptors (Lipinski definition) is 6. The van der Waals surface area contributed by atoms with Crippen LogP contribution in [0.5, 0.6) is 0 Å². The van der Waals surface area contributed by atoms with Gasteiger partial charge in [-0.1, -0.05) is 19.8 Å². The Hall–Kier alpha value is -2.55. The van der Waals surface area contributed by atoms with Crippen LogP contribution in [0.3, 0.4) is 0 Å². The van der Waals surface area contributed by atoms with Crippen LogP contribution in [-0.4, -0.2) is 36.1 Å². The van der Waals surface area contributed by atoms with Crippen LogP contribution in [0.15, 0.2) is 24.8 Å². The smallest absolute Gasteiger partial charge is 0.229 e. The zero-order chi connectivity index (χ0) is 17.9. The molecule has 8 nitrogen and oxygen atoms in total. The molecule has 0 aromatic carbocycles. The minimum Gasteiger partial charge on any atom is -0.321 e. The lowest BCUT2D eigenvalue weighted by atomic mass is 9.86. The van der Waals surface area contributed by atoms with E-state index in [4.69, 9.17) is 0 Å². The van der Waals surface area contributed by atoms with Crippen molar-refractivity contribution >= 4 is 22.7 Å². The van der Waals surface area contributed by atoms with Gasteiger partial charge in [0.1, 0.15) is 6.61 Å². The van der Waals surface area contributed by atoms with Gasteiger partial charge in [0.15, 0.2) is 5.65 Å². The van der Waals surface area contributed by atoms with Gasteiger partial charge in [0, 0.05) is 12.4 Å². The van der Waals surface area contributed by atoms with E-state index in [0.717, 1.165) is 23.1 Å². The molecular weight excluding hydrogens is 337 g/mol. The molecule has 0 unspecified atom stereocenters. The van der Waals surface area contributed by atoms with Crippen molar-refractivity contribution in [2.75, 3.05) is 11.9 Å². The zero-order valence-electron chi connectivity index (χ0n) is 14.7. The molecule has 0 bridgehead atoms. The second kappa shape index (κ2) is 7.36. The number of nitrogens with zero attached hydrogens (tertiary/aromatic N) is 6. The van der Waals surface area contributed by atoms with Gasteiger partial charge in [0.25, 0.3) is 0 Å². The van der Waals surface area contributed by atoms with Crippen molar-refractivity contribution in [3.63, 3.8) is 0 Å². The molecule has 3 heterocycles. The quantitative estimate of drug-likeness (QED) is 0.726. The Morgan fingerprint density at radius 3 is 2.96 bits per heavy atom. The number of aromatic nitrogens is 6. The van der Waals surface area contributed by atoms with Crippen molar-refractivity contribution in [1.29, 1.82) is 0 Å². The summed E-state index contributed by atoms with van der Waals surface area (Å²) in [6.07, 6.45) is 11.9. The molecule has 3 aromatic rings. The maximum absolute atomic E-state index is 11.8. The van der Waals surface area contributed by atoms with Gasteiger partial charge in [-0.25, -0.2) is 9.67 Å². The van der Waals surface area contributed by atoms with Gasteiger partial charge >= 0.3 is 0 Å². The van der Waals surface area contributed by atoms with Crippen LogP contribution in [0.25, 0.3) is 11.0 Å². The standard InChI is InChI=1S/C17H22FN7O/c1-12-4-2-3-5-15(12)25-16-13(9-21-25)8-19-17(23-16)22-14-10-20-24(11-14)6-7-26-18/h8-12,15H,2-7H2,1H3,(H,19,22,23)/t12-,15-/m0/s1. The molecule has 1 fully saturated rings.